The molecule has 7 heteroatoms. The zero-order valence-electron chi connectivity index (χ0n) is 17.1. The van der Waals surface area contributed by atoms with Crippen LogP contribution in [-0.4, -0.2) is 78.3 Å². The maximum Gasteiger partial charge on any atom is 0.222 e. The first kappa shape index (κ1) is 19.9. The van der Waals surface area contributed by atoms with Crippen molar-refractivity contribution in [3.8, 4) is 17.1 Å². The number of hydrogen-bond donors (Lipinski definition) is 0. The number of carbonyl (C=O) groups excluding carboxylic acids is 1. The third kappa shape index (κ3) is 5.16. The minimum atomic E-state index is 0.229. The van der Waals surface area contributed by atoms with E-state index in [1.807, 2.05) is 36.5 Å². The molecule has 0 aliphatic carbocycles. The first-order valence-corrected chi connectivity index (χ1v) is 10.5. The summed E-state index contributed by atoms with van der Waals surface area (Å²) in [6, 6.07) is 8.13. The molecule has 3 heterocycles. The van der Waals surface area contributed by atoms with Crippen molar-refractivity contribution in [3.63, 3.8) is 0 Å². The lowest BCUT2D eigenvalue weighted by Gasteiger charge is -2.26. The molecule has 2 aliphatic rings. The smallest absolute Gasteiger partial charge is 0.222 e. The van der Waals surface area contributed by atoms with Gasteiger partial charge in [0, 0.05) is 70.1 Å². The van der Waals surface area contributed by atoms with Gasteiger partial charge in [-0.2, -0.15) is 0 Å². The van der Waals surface area contributed by atoms with Crippen molar-refractivity contribution in [2.24, 2.45) is 5.92 Å². The van der Waals surface area contributed by atoms with Crippen LogP contribution in [0.1, 0.15) is 12.8 Å². The molecule has 0 saturated carbocycles. The Morgan fingerprint density at radius 1 is 1.21 bits per heavy atom. The van der Waals surface area contributed by atoms with Crippen LogP contribution in [0.3, 0.4) is 0 Å². The number of imidazole rings is 1. The standard InChI is InChI=1S/C22H30N4O3/c1-24-16-18(15-21(24)27)17-26-9-7-23-22(26)19-3-5-20(6-4-19)29-12-2-8-25-10-13-28-14-11-25/h3-7,9,18H,2,8,10-17H2,1H3. The minimum Gasteiger partial charge on any atom is -0.494 e. The predicted molar refractivity (Wildman–Crippen MR) is 111 cm³/mol. The van der Waals surface area contributed by atoms with E-state index in [9.17, 15) is 4.79 Å². The van der Waals surface area contributed by atoms with Crippen LogP contribution in [0, 0.1) is 5.92 Å². The summed E-state index contributed by atoms with van der Waals surface area (Å²) in [6.45, 7) is 7.11. The second-order valence-electron chi connectivity index (χ2n) is 7.93. The van der Waals surface area contributed by atoms with Crippen LogP contribution >= 0.6 is 0 Å². The minimum absolute atomic E-state index is 0.229. The topological polar surface area (TPSA) is 59.8 Å². The molecule has 29 heavy (non-hydrogen) atoms. The number of carbonyl (C=O) groups is 1. The number of benzene rings is 1. The van der Waals surface area contributed by atoms with Gasteiger partial charge in [0.15, 0.2) is 0 Å². The highest BCUT2D eigenvalue weighted by Crippen LogP contribution is 2.24. The Kier molecular flexibility index (Phi) is 6.46. The highest BCUT2D eigenvalue weighted by Gasteiger charge is 2.27. The molecule has 156 valence electrons. The van der Waals surface area contributed by atoms with Crippen molar-refractivity contribution in [2.45, 2.75) is 19.4 Å². The van der Waals surface area contributed by atoms with Crippen molar-refractivity contribution in [1.29, 1.82) is 0 Å². The third-order valence-corrected chi connectivity index (χ3v) is 5.70. The fourth-order valence-electron chi connectivity index (χ4n) is 4.08. The lowest BCUT2D eigenvalue weighted by molar-refractivity contribution is -0.126. The van der Waals surface area contributed by atoms with Crippen molar-refractivity contribution >= 4 is 5.91 Å². The second kappa shape index (κ2) is 9.41. The molecular weight excluding hydrogens is 368 g/mol. The summed E-state index contributed by atoms with van der Waals surface area (Å²) >= 11 is 0. The first-order chi connectivity index (χ1) is 14.2. The average molecular weight is 399 g/mol. The number of rotatable bonds is 8. The molecule has 0 spiro atoms. The van der Waals surface area contributed by atoms with Crippen LogP contribution < -0.4 is 4.74 Å². The maximum atomic E-state index is 11.8. The molecule has 1 aromatic carbocycles. The quantitative estimate of drug-likeness (QED) is 0.638. The molecule has 2 fully saturated rings. The fraction of sp³-hybridized carbons (Fsp3) is 0.545. The Morgan fingerprint density at radius 2 is 2.00 bits per heavy atom. The number of morpholine rings is 1. The summed E-state index contributed by atoms with van der Waals surface area (Å²) in [6.07, 6.45) is 5.45. The summed E-state index contributed by atoms with van der Waals surface area (Å²) in [5.41, 5.74) is 1.06. The van der Waals surface area contributed by atoms with Gasteiger partial charge in [-0.15, -0.1) is 0 Å². The summed E-state index contributed by atoms with van der Waals surface area (Å²) in [5.74, 6) is 2.39. The van der Waals surface area contributed by atoms with E-state index in [2.05, 4.69) is 26.6 Å². The molecule has 2 saturated heterocycles. The summed E-state index contributed by atoms with van der Waals surface area (Å²) < 4.78 is 13.4. The van der Waals surface area contributed by atoms with Crippen molar-refractivity contribution in [2.75, 3.05) is 53.0 Å². The SMILES string of the molecule is CN1CC(Cn2ccnc2-c2ccc(OCCCN3CCOCC3)cc2)CC1=O. The normalized spacial score (nSPS) is 20.4. The molecule has 1 unspecified atom stereocenters. The predicted octanol–water partition coefficient (Wildman–Crippen LogP) is 2.13. The van der Waals surface area contributed by atoms with Gasteiger partial charge in [-0.25, -0.2) is 4.98 Å². The molecule has 4 rings (SSSR count). The van der Waals surface area contributed by atoms with Crippen LogP contribution in [0.2, 0.25) is 0 Å². The Balaban J connectivity index is 1.28. The number of aromatic nitrogens is 2. The Morgan fingerprint density at radius 3 is 2.72 bits per heavy atom. The summed E-state index contributed by atoms with van der Waals surface area (Å²) in [4.78, 5) is 20.5. The third-order valence-electron chi connectivity index (χ3n) is 5.70. The number of nitrogens with zero attached hydrogens (tertiary/aromatic N) is 4. The van der Waals surface area contributed by atoms with Gasteiger partial charge in [-0.1, -0.05) is 0 Å². The van der Waals surface area contributed by atoms with E-state index in [4.69, 9.17) is 9.47 Å². The molecular formula is C22H30N4O3. The van der Waals surface area contributed by atoms with E-state index >= 15 is 0 Å². The zero-order chi connectivity index (χ0) is 20.1. The van der Waals surface area contributed by atoms with Crippen LogP contribution in [0.5, 0.6) is 5.75 Å². The number of ether oxygens (including phenoxy) is 2. The highest BCUT2D eigenvalue weighted by molar-refractivity contribution is 5.78. The monoisotopic (exact) mass is 398 g/mol. The molecule has 1 atom stereocenters. The molecule has 1 amide bonds. The van der Waals surface area contributed by atoms with E-state index in [1.165, 1.54) is 0 Å². The van der Waals surface area contributed by atoms with Crippen LogP contribution in [0.25, 0.3) is 11.4 Å². The molecule has 7 nitrogen and oxygen atoms in total. The average Bonchev–Trinajstić information content (AvgIpc) is 3.33. The van der Waals surface area contributed by atoms with E-state index in [-0.39, 0.29) is 5.91 Å². The Bertz CT molecular complexity index is 799. The van der Waals surface area contributed by atoms with Gasteiger partial charge < -0.3 is 18.9 Å². The molecule has 0 bridgehead atoms. The van der Waals surface area contributed by atoms with Crippen LogP contribution in [0.4, 0.5) is 0 Å². The van der Waals surface area contributed by atoms with Crippen molar-refractivity contribution < 1.29 is 14.3 Å². The molecule has 0 radical (unpaired) electrons. The second-order valence-corrected chi connectivity index (χ2v) is 7.93. The van der Waals surface area contributed by atoms with E-state index < -0.39 is 0 Å². The highest BCUT2D eigenvalue weighted by atomic mass is 16.5. The number of hydrogen-bond acceptors (Lipinski definition) is 5. The maximum absolute atomic E-state index is 11.8. The molecule has 2 aromatic rings. The van der Waals surface area contributed by atoms with Gasteiger partial charge >= 0.3 is 0 Å². The van der Waals surface area contributed by atoms with E-state index in [0.717, 1.165) is 69.5 Å². The lowest BCUT2D eigenvalue weighted by atomic mass is 10.1. The van der Waals surface area contributed by atoms with Crippen LogP contribution in [0.15, 0.2) is 36.7 Å². The van der Waals surface area contributed by atoms with Crippen molar-refractivity contribution in [3.05, 3.63) is 36.7 Å². The number of amides is 1. The molecule has 1 aromatic heterocycles. The van der Waals surface area contributed by atoms with Gasteiger partial charge in [0.25, 0.3) is 0 Å². The van der Waals surface area contributed by atoms with E-state index in [0.29, 0.717) is 18.9 Å². The van der Waals surface area contributed by atoms with Crippen LogP contribution in [-0.2, 0) is 16.1 Å². The van der Waals surface area contributed by atoms with Crippen molar-refractivity contribution in [1.82, 2.24) is 19.4 Å². The van der Waals surface area contributed by atoms with Gasteiger partial charge in [-0.05, 0) is 30.7 Å². The zero-order valence-corrected chi connectivity index (χ0v) is 17.1. The molecule has 2 aliphatic heterocycles. The van der Waals surface area contributed by atoms with Gasteiger partial charge in [0.1, 0.15) is 11.6 Å². The summed E-state index contributed by atoms with van der Waals surface area (Å²) in [7, 11) is 1.87. The van der Waals surface area contributed by atoms with Gasteiger partial charge in [0.05, 0.1) is 19.8 Å². The largest absolute Gasteiger partial charge is 0.494 e. The fourth-order valence-corrected chi connectivity index (χ4v) is 4.08. The van der Waals surface area contributed by atoms with Gasteiger partial charge in [0.2, 0.25) is 5.91 Å². The Labute approximate surface area is 172 Å². The lowest BCUT2D eigenvalue weighted by Crippen LogP contribution is -2.37. The van der Waals surface area contributed by atoms with E-state index in [1.54, 1.807) is 0 Å². The number of likely N-dealkylation sites (tertiary alicyclic amines) is 1. The molecule has 0 N–H and O–H groups in total. The summed E-state index contributed by atoms with van der Waals surface area (Å²) in [5, 5.41) is 0. The first-order valence-electron chi connectivity index (χ1n) is 10.5. The van der Waals surface area contributed by atoms with Gasteiger partial charge in [-0.3, -0.25) is 9.69 Å². The Hall–Kier alpha value is -2.38.